The summed E-state index contributed by atoms with van der Waals surface area (Å²) in [5, 5.41) is 4.12. The van der Waals surface area contributed by atoms with Crippen LogP contribution >= 0.6 is 11.8 Å². The fourth-order valence-electron chi connectivity index (χ4n) is 1.66. The normalized spacial score (nSPS) is 10.4. The Morgan fingerprint density at radius 1 is 1.00 bits per heavy atom. The first kappa shape index (κ1) is 12.9. The second kappa shape index (κ2) is 5.40. The van der Waals surface area contributed by atoms with E-state index in [1.165, 1.54) is 10.5 Å². The van der Waals surface area contributed by atoms with E-state index in [9.17, 15) is 0 Å². The van der Waals surface area contributed by atoms with Crippen molar-refractivity contribution in [2.24, 2.45) is 0 Å². The van der Waals surface area contributed by atoms with Gasteiger partial charge in [-0.2, -0.15) is 0 Å². The van der Waals surface area contributed by atoms with Gasteiger partial charge in [-0.15, -0.1) is 0 Å². The quantitative estimate of drug-likeness (QED) is 0.855. The van der Waals surface area contributed by atoms with E-state index in [0.717, 1.165) is 22.2 Å². The monoisotopic (exact) mass is 259 g/mol. The van der Waals surface area contributed by atoms with Crippen LogP contribution in [-0.2, 0) is 0 Å². The molecule has 0 saturated carbocycles. The predicted molar refractivity (Wildman–Crippen MR) is 76.4 cm³/mol. The summed E-state index contributed by atoms with van der Waals surface area (Å²) in [6, 6.07) is 8.47. The number of anilines is 1. The molecular weight excluding hydrogens is 242 g/mol. The average Bonchev–Trinajstić information content (AvgIpc) is 2.36. The van der Waals surface area contributed by atoms with Gasteiger partial charge < -0.3 is 5.32 Å². The molecule has 94 valence electrons. The van der Waals surface area contributed by atoms with Crippen molar-refractivity contribution in [1.82, 2.24) is 9.97 Å². The van der Waals surface area contributed by atoms with E-state index < -0.39 is 0 Å². The highest BCUT2D eigenvalue weighted by Gasteiger charge is 2.09. The van der Waals surface area contributed by atoms with Gasteiger partial charge >= 0.3 is 0 Å². The van der Waals surface area contributed by atoms with Gasteiger partial charge in [0.15, 0.2) is 0 Å². The molecule has 4 heteroatoms. The van der Waals surface area contributed by atoms with Crippen molar-refractivity contribution in [3.8, 4) is 0 Å². The van der Waals surface area contributed by atoms with E-state index in [1.54, 1.807) is 11.8 Å². The molecule has 0 saturated heterocycles. The summed E-state index contributed by atoms with van der Waals surface area (Å²) in [4.78, 5) is 10.1. The minimum Gasteiger partial charge on any atom is -0.373 e. The molecule has 0 aliphatic carbocycles. The minimum atomic E-state index is 0.791. The van der Waals surface area contributed by atoms with Crippen molar-refractivity contribution >= 4 is 17.6 Å². The lowest BCUT2D eigenvalue weighted by atomic mass is 10.2. The van der Waals surface area contributed by atoms with Gasteiger partial charge in [-0.05, 0) is 32.9 Å². The van der Waals surface area contributed by atoms with Crippen molar-refractivity contribution in [3.05, 3.63) is 41.2 Å². The van der Waals surface area contributed by atoms with E-state index in [-0.39, 0.29) is 0 Å². The summed E-state index contributed by atoms with van der Waals surface area (Å²) in [5.41, 5.74) is 2.36. The van der Waals surface area contributed by atoms with Crippen molar-refractivity contribution in [3.63, 3.8) is 0 Å². The predicted octanol–water partition coefficient (Wildman–Crippen LogP) is 3.59. The Kier molecular flexibility index (Phi) is 3.87. The summed E-state index contributed by atoms with van der Waals surface area (Å²) in [7, 11) is 1.88. The summed E-state index contributed by atoms with van der Waals surface area (Å²) < 4.78 is 0. The third-order valence-electron chi connectivity index (χ3n) is 2.69. The highest BCUT2D eigenvalue weighted by atomic mass is 32.2. The van der Waals surface area contributed by atoms with Gasteiger partial charge in [-0.25, -0.2) is 9.97 Å². The van der Waals surface area contributed by atoms with Crippen LogP contribution in [0, 0.1) is 20.8 Å². The van der Waals surface area contributed by atoms with Crippen LogP contribution in [-0.4, -0.2) is 17.0 Å². The van der Waals surface area contributed by atoms with E-state index in [4.69, 9.17) is 0 Å². The van der Waals surface area contributed by atoms with Gasteiger partial charge in [0.1, 0.15) is 16.7 Å². The summed E-state index contributed by atoms with van der Waals surface area (Å²) in [6.07, 6.45) is 0. The van der Waals surface area contributed by atoms with Crippen molar-refractivity contribution < 1.29 is 0 Å². The van der Waals surface area contributed by atoms with Gasteiger partial charge in [-0.3, -0.25) is 0 Å². The standard InChI is InChI=1S/C14H17N3S/c1-9-5-7-12(8-6-9)18-14-10(2)13(15-4)16-11(3)17-14/h5-8H,1-4H3,(H,15,16,17). The number of aryl methyl sites for hydroxylation is 2. The zero-order chi connectivity index (χ0) is 13.1. The summed E-state index contributed by atoms with van der Waals surface area (Å²) in [6.45, 7) is 6.05. The molecule has 0 fully saturated rings. The maximum absolute atomic E-state index is 4.51. The summed E-state index contributed by atoms with van der Waals surface area (Å²) in [5.74, 6) is 1.69. The molecule has 0 aliphatic rings. The number of nitrogens with zero attached hydrogens (tertiary/aromatic N) is 2. The highest BCUT2D eigenvalue weighted by Crippen LogP contribution is 2.31. The number of aromatic nitrogens is 2. The zero-order valence-corrected chi connectivity index (χ0v) is 11.9. The molecule has 1 aromatic heterocycles. The Hall–Kier alpha value is -1.55. The highest BCUT2D eigenvalue weighted by molar-refractivity contribution is 7.99. The Morgan fingerprint density at radius 3 is 2.28 bits per heavy atom. The van der Waals surface area contributed by atoms with Crippen LogP contribution in [0.2, 0.25) is 0 Å². The van der Waals surface area contributed by atoms with E-state index in [0.29, 0.717) is 0 Å². The maximum atomic E-state index is 4.51. The lowest BCUT2D eigenvalue weighted by molar-refractivity contribution is 0.940. The fourth-order valence-corrected chi connectivity index (χ4v) is 2.59. The van der Waals surface area contributed by atoms with Crippen molar-refractivity contribution in [2.45, 2.75) is 30.7 Å². The third kappa shape index (κ3) is 2.82. The third-order valence-corrected chi connectivity index (χ3v) is 3.78. The average molecular weight is 259 g/mol. The van der Waals surface area contributed by atoms with Gasteiger partial charge in [0.25, 0.3) is 0 Å². The second-order valence-corrected chi connectivity index (χ2v) is 5.28. The maximum Gasteiger partial charge on any atom is 0.133 e. The molecule has 0 spiro atoms. The van der Waals surface area contributed by atoms with Crippen molar-refractivity contribution in [1.29, 1.82) is 0 Å². The molecule has 1 aromatic carbocycles. The SMILES string of the molecule is CNc1nc(C)nc(Sc2ccc(C)cc2)c1C. The van der Waals surface area contributed by atoms with E-state index >= 15 is 0 Å². The number of nitrogens with one attached hydrogen (secondary N) is 1. The number of benzene rings is 1. The molecule has 1 N–H and O–H groups in total. The smallest absolute Gasteiger partial charge is 0.133 e. The zero-order valence-electron chi connectivity index (χ0n) is 11.1. The molecule has 0 amide bonds. The van der Waals surface area contributed by atoms with Gasteiger partial charge in [-0.1, -0.05) is 29.5 Å². The Labute approximate surface area is 112 Å². The molecular formula is C14H17N3S. The minimum absolute atomic E-state index is 0.791. The van der Waals surface area contributed by atoms with Gasteiger partial charge in [0.2, 0.25) is 0 Å². The molecule has 0 radical (unpaired) electrons. The molecule has 0 atom stereocenters. The van der Waals surface area contributed by atoms with E-state index in [2.05, 4.69) is 46.5 Å². The second-order valence-electron chi connectivity index (χ2n) is 4.21. The Morgan fingerprint density at radius 2 is 1.67 bits per heavy atom. The van der Waals surface area contributed by atoms with Crippen LogP contribution in [0.1, 0.15) is 17.0 Å². The van der Waals surface area contributed by atoms with Gasteiger partial charge in [0.05, 0.1) is 0 Å². The lowest BCUT2D eigenvalue weighted by Crippen LogP contribution is -2.01. The molecule has 0 bridgehead atoms. The van der Waals surface area contributed by atoms with Crippen LogP contribution in [0.5, 0.6) is 0 Å². The van der Waals surface area contributed by atoms with Crippen molar-refractivity contribution in [2.75, 3.05) is 12.4 Å². The fraction of sp³-hybridized carbons (Fsp3) is 0.286. The summed E-state index contributed by atoms with van der Waals surface area (Å²) >= 11 is 1.68. The van der Waals surface area contributed by atoms with Crippen LogP contribution in [0.4, 0.5) is 5.82 Å². The Bertz CT molecular complexity index is 550. The number of hydrogen-bond donors (Lipinski definition) is 1. The van der Waals surface area contributed by atoms with Crippen LogP contribution < -0.4 is 5.32 Å². The molecule has 18 heavy (non-hydrogen) atoms. The van der Waals surface area contributed by atoms with Gasteiger partial charge in [0, 0.05) is 17.5 Å². The first-order valence-electron chi connectivity index (χ1n) is 5.87. The molecule has 2 rings (SSSR count). The molecule has 3 nitrogen and oxygen atoms in total. The Balaban J connectivity index is 2.34. The molecule has 0 unspecified atom stereocenters. The molecule has 2 aromatic rings. The lowest BCUT2D eigenvalue weighted by Gasteiger charge is -2.10. The van der Waals surface area contributed by atoms with Crippen LogP contribution in [0.3, 0.4) is 0 Å². The molecule has 1 heterocycles. The van der Waals surface area contributed by atoms with E-state index in [1.807, 2.05) is 20.9 Å². The molecule has 0 aliphatic heterocycles. The largest absolute Gasteiger partial charge is 0.373 e. The number of hydrogen-bond acceptors (Lipinski definition) is 4. The first-order valence-corrected chi connectivity index (χ1v) is 6.69. The van der Waals surface area contributed by atoms with Crippen LogP contribution in [0.25, 0.3) is 0 Å². The number of rotatable bonds is 3. The first-order chi connectivity index (χ1) is 8.60. The van der Waals surface area contributed by atoms with Crippen LogP contribution in [0.15, 0.2) is 34.2 Å². The topological polar surface area (TPSA) is 37.8 Å².